The number of hydrogen-bond donors (Lipinski definition) is 2. The molecular formula is C9H9N3O2. The Morgan fingerprint density at radius 2 is 2.36 bits per heavy atom. The van der Waals surface area contributed by atoms with Gasteiger partial charge in [-0.2, -0.15) is 5.10 Å². The van der Waals surface area contributed by atoms with Crippen molar-refractivity contribution in [2.24, 2.45) is 0 Å². The quantitative estimate of drug-likeness (QED) is 0.746. The number of pyridine rings is 1. The normalized spacial score (nSPS) is 12.9. The van der Waals surface area contributed by atoms with Crippen molar-refractivity contribution in [2.75, 3.05) is 0 Å². The van der Waals surface area contributed by atoms with Crippen LogP contribution < -0.4 is 0 Å². The highest BCUT2D eigenvalue weighted by atomic mass is 16.4. The van der Waals surface area contributed by atoms with Gasteiger partial charge in [-0.05, 0) is 18.6 Å². The molecule has 0 amide bonds. The third-order valence-electron chi connectivity index (χ3n) is 2.18. The minimum atomic E-state index is -0.852. The highest BCUT2D eigenvalue weighted by molar-refractivity contribution is 5.79. The van der Waals surface area contributed by atoms with E-state index < -0.39 is 11.9 Å². The Morgan fingerprint density at radius 3 is 3.07 bits per heavy atom. The summed E-state index contributed by atoms with van der Waals surface area (Å²) in [6.45, 7) is 1.63. The van der Waals surface area contributed by atoms with E-state index in [9.17, 15) is 4.79 Å². The number of aromatic amines is 1. The number of aliphatic carboxylic acids is 1. The first kappa shape index (κ1) is 8.68. The zero-order chi connectivity index (χ0) is 10.1. The molecule has 0 aliphatic heterocycles. The minimum absolute atomic E-state index is 0.540. The molecule has 1 unspecified atom stereocenters. The average molecular weight is 191 g/mol. The Morgan fingerprint density at radius 1 is 1.57 bits per heavy atom. The zero-order valence-corrected chi connectivity index (χ0v) is 7.56. The Bertz CT molecular complexity index is 478. The number of H-pyrrole nitrogens is 1. The highest BCUT2D eigenvalue weighted by Crippen LogP contribution is 2.18. The first-order valence-electron chi connectivity index (χ1n) is 4.20. The topological polar surface area (TPSA) is 78.9 Å². The van der Waals surface area contributed by atoms with Gasteiger partial charge >= 0.3 is 5.97 Å². The summed E-state index contributed by atoms with van der Waals surface area (Å²) in [6.07, 6.45) is 3.18. The molecule has 0 saturated heterocycles. The fourth-order valence-electron chi connectivity index (χ4n) is 1.23. The van der Waals surface area contributed by atoms with Gasteiger partial charge in [0.25, 0.3) is 0 Å². The SMILES string of the molecule is CC(C(=O)O)c1cnc2[nH]ncc2c1. The molecule has 0 aliphatic carbocycles. The number of nitrogens with one attached hydrogen (secondary N) is 1. The van der Waals surface area contributed by atoms with Gasteiger partial charge in [0, 0.05) is 11.6 Å². The number of fused-ring (bicyclic) bond motifs is 1. The zero-order valence-electron chi connectivity index (χ0n) is 7.56. The summed E-state index contributed by atoms with van der Waals surface area (Å²) in [5.41, 5.74) is 1.36. The van der Waals surface area contributed by atoms with E-state index in [0.717, 1.165) is 5.39 Å². The van der Waals surface area contributed by atoms with Gasteiger partial charge in [-0.15, -0.1) is 0 Å². The lowest BCUT2D eigenvalue weighted by atomic mass is 10.0. The number of rotatable bonds is 2. The van der Waals surface area contributed by atoms with Gasteiger partial charge in [-0.3, -0.25) is 9.89 Å². The van der Waals surface area contributed by atoms with Crippen LogP contribution in [0, 0.1) is 0 Å². The molecule has 14 heavy (non-hydrogen) atoms. The first-order valence-corrected chi connectivity index (χ1v) is 4.20. The van der Waals surface area contributed by atoms with E-state index in [0.29, 0.717) is 11.2 Å². The van der Waals surface area contributed by atoms with Crippen LogP contribution >= 0.6 is 0 Å². The molecule has 0 saturated carbocycles. The maximum atomic E-state index is 10.7. The van der Waals surface area contributed by atoms with Crippen LogP contribution in [0.25, 0.3) is 11.0 Å². The van der Waals surface area contributed by atoms with Crippen LogP contribution in [-0.2, 0) is 4.79 Å². The average Bonchev–Trinajstić information content (AvgIpc) is 2.62. The van der Waals surface area contributed by atoms with Gasteiger partial charge in [0.2, 0.25) is 0 Å². The summed E-state index contributed by atoms with van der Waals surface area (Å²) in [7, 11) is 0. The van der Waals surface area contributed by atoms with Gasteiger partial charge in [-0.25, -0.2) is 4.98 Å². The van der Waals surface area contributed by atoms with Crippen molar-refractivity contribution in [3.63, 3.8) is 0 Å². The van der Waals surface area contributed by atoms with Crippen molar-refractivity contribution < 1.29 is 9.90 Å². The maximum absolute atomic E-state index is 10.7. The molecule has 0 aliphatic rings. The maximum Gasteiger partial charge on any atom is 0.310 e. The fraction of sp³-hybridized carbons (Fsp3) is 0.222. The first-order chi connectivity index (χ1) is 6.68. The molecule has 0 spiro atoms. The summed E-state index contributed by atoms with van der Waals surface area (Å²) in [5.74, 6) is -1.39. The number of carboxylic acid groups (broad SMARTS) is 1. The van der Waals surface area contributed by atoms with Gasteiger partial charge in [0.05, 0.1) is 12.1 Å². The van der Waals surface area contributed by atoms with Crippen molar-refractivity contribution in [1.82, 2.24) is 15.2 Å². The predicted octanol–water partition coefficient (Wildman–Crippen LogP) is 1.15. The number of carbonyl (C=O) groups is 1. The molecular weight excluding hydrogens is 182 g/mol. The van der Waals surface area contributed by atoms with Gasteiger partial charge in [0.15, 0.2) is 5.65 Å². The second kappa shape index (κ2) is 3.10. The molecule has 0 aromatic carbocycles. The Balaban J connectivity index is 2.48. The van der Waals surface area contributed by atoms with E-state index in [1.807, 2.05) is 0 Å². The number of nitrogens with zero attached hydrogens (tertiary/aromatic N) is 2. The molecule has 2 heterocycles. The van der Waals surface area contributed by atoms with E-state index in [-0.39, 0.29) is 0 Å². The standard InChI is InChI=1S/C9H9N3O2/c1-5(9(13)14)6-2-7-4-11-12-8(7)10-3-6/h2-5H,1H3,(H,13,14)(H,10,11,12). The van der Waals surface area contributed by atoms with Crippen LogP contribution in [0.5, 0.6) is 0 Å². The third-order valence-corrected chi connectivity index (χ3v) is 2.18. The smallest absolute Gasteiger partial charge is 0.310 e. The van der Waals surface area contributed by atoms with Crippen LogP contribution in [0.15, 0.2) is 18.5 Å². The van der Waals surface area contributed by atoms with Crippen molar-refractivity contribution >= 4 is 17.0 Å². The molecule has 72 valence electrons. The fourth-order valence-corrected chi connectivity index (χ4v) is 1.23. The van der Waals surface area contributed by atoms with E-state index in [1.165, 1.54) is 0 Å². The molecule has 2 aromatic heterocycles. The van der Waals surface area contributed by atoms with E-state index in [1.54, 1.807) is 25.4 Å². The second-order valence-corrected chi connectivity index (χ2v) is 3.14. The molecule has 2 N–H and O–H groups in total. The van der Waals surface area contributed by atoms with E-state index in [4.69, 9.17) is 5.11 Å². The molecule has 5 heteroatoms. The summed E-state index contributed by atoms with van der Waals surface area (Å²) in [5, 5.41) is 16.2. The van der Waals surface area contributed by atoms with Crippen LogP contribution in [0.1, 0.15) is 18.4 Å². The van der Waals surface area contributed by atoms with Crippen molar-refractivity contribution in [3.8, 4) is 0 Å². The highest BCUT2D eigenvalue weighted by Gasteiger charge is 2.14. The Kier molecular flexibility index (Phi) is 1.92. The van der Waals surface area contributed by atoms with Crippen LogP contribution in [0.2, 0.25) is 0 Å². The summed E-state index contributed by atoms with van der Waals surface area (Å²) in [6, 6.07) is 1.78. The molecule has 0 bridgehead atoms. The van der Waals surface area contributed by atoms with Crippen molar-refractivity contribution in [2.45, 2.75) is 12.8 Å². The lowest BCUT2D eigenvalue weighted by Crippen LogP contribution is -2.07. The van der Waals surface area contributed by atoms with Crippen molar-refractivity contribution in [1.29, 1.82) is 0 Å². The van der Waals surface area contributed by atoms with Gasteiger partial charge in [-0.1, -0.05) is 0 Å². The Hall–Kier alpha value is -1.91. The molecule has 1 atom stereocenters. The van der Waals surface area contributed by atoms with Crippen LogP contribution in [0.4, 0.5) is 0 Å². The summed E-state index contributed by atoms with van der Waals surface area (Å²) >= 11 is 0. The molecule has 2 aromatic rings. The van der Waals surface area contributed by atoms with E-state index in [2.05, 4.69) is 15.2 Å². The second-order valence-electron chi connectivity index (χ2n) is 3.14. The van der Waals surface area contributed by atoms with Crippen LogP contribution in [0.3, 0.4) is 0 Å². The summed E-state index contributed by atoms with van der Waals surface area (Å²) in [4.78, 5) is 14.8. The predicted molar refractivity (Wildman–Crippen MR) is 49.9 cm³/mol. The third kappa shape index (κ3) is 1.32. The number of carboxylic acids is 1. The van der Waals surface area contributed by atoms with Gasteiger partial charge < -0.3 is 5.11 Å². The van der Waals surface area contributed by atoms with Crippen molar-refractivity contribution in [3.05, 3.63) is 24.0 Å². The van der Waals surface area contributed by atoms with Crippen LogP contribution in [-0.4, -0.2) is 26.3 Å². The van der Waals surface area contributed by atoms with E-state index >= 15 is 0 Å². The number of aromatic nitrogens is 3. The summed E-state index contributed by atoms with van der Waals surface area (Å²) < 4.78 is 0. The number of hydrogen-bond acceptors (Lipinski definition) is 3. The molecule has 5 nitrogen and oxygen atoms in total. The lowest BCUT2D eigenvalue weighted by molar-refractivity contribution is -0.138. The molecule has 0 radical (unpaired) electrons. The molecule has 2 rings (SSSR count). The van der Waals surface area contributed by atoms with Gasteiger partial charge in [0.1, 0.15) is 0 Å². The Labute approximate surface area is 79.8 Å². The largest absolute Gasteiger partial charge is 0.481 e. The minimum Gasteiger partial charge on any atom is -0.481 e. The monoisotopic (exact) mass is 191 g/mol. The lowest BCUT2D eigenvalue weighted by Gasteiger charge is -2.04. The molecule has 0 fully saturated rings.